The lowest BCUT2D eigenvalue weighted by molar-refractivity contribution is 0.0770. The van der Waals surface area contributed by atoms with Crippen LogP contribution in [0.15, 0.2) is 36.4 Å². The first-order chi connectivity index (χ1) is 12.5. The molecule has 0 aliphatic rings. The smallest absolute Gasteiger partial charge is 0.131 e. The summed E-state index contributed by atoms with van der Waals surface area (Å²) in [4.78, 5) is 0. The minimum absolute atomic E-state index is 0.0579. The third-order valence-corrected chi connectivity index (χ3v) is 4.31. The van der Waals surface area contributed by atoms with Crippen molar-refractivity contribution >= 4 is 23.2 Å². The molecule has 2 rings (SSSR count). The van der Waals surface area contributed by atoms with E-state index in [9.17, 15) is 4.39 Å². The Morgan fingerprint density at radius 1 is 1.15 bits per heavy atom. The van der Waals surface area contributed by atoms with Crippen LogP contribution in [0.25, 0.3) is 0 Å². The second-order valence-corrected chi connectivity index (χ2v) is 7.03. The topological polar surface area (TPSA) is 30.5 Å². The van der Waals surface area contributed by atoms with Gasteiger partial charge in [-0.25, -0.2) is 4.39 Å². The molecule has 0 fully saturated rings. The SMILES string of the molecule is CC(C)OCCCNCc1cc(Cl)ccc1OCc1c(F)cccc1Cl. The highest BCUT2D eigenvalue weighted by atomic mass is 35.5. The molecule has 0 unspecified atom stereocenters. The van der Waals surface area contributed by atoms with Crippen LogP contribution in [-0.2, 0) is 17.9 Å². The summed E-state index contributed by atoms with van der Waals surface area (Å²) >= 11 is 12.1. The van der Waals surface area contributed by atoms with Crippen LogP contribution < -0.4 is 10.1 Å². The summed E-state index contributed by atoms with van der Waals surface area (Å²) < 4.78 is 25.2. The second-order valence-electron chi connectivity index (χ2n) is 6.19. The Bertz CT molecular complexity index is 690. The summed E-state index contributed by atoms with van der Waals surface area (Å²) in [5, 5.41) is 4.32. The van der Waals surface area contributed by atoms with E-state index < -0.39 is 0 Å². The van der Waals surface area contributed by atoms with Crippen molar-refractivity contribution in [2.75, 3.05) is 13.2 Å². The molecule has 2 aromatic rings. The Balaban J connectivity index is 1.92. The predicted octanol–water partition coefficient (Wildman–Crippen LogP) is 5.62. The summed E-state index contributed by atoms with van der Waals surface area (Å²) in [6, 6.07) is 9.97. The molecule has 0 spiro atoms. The summed E-state index contributed by atoms with van der Waals surface area (Å²) in [6.07, 6.45) is 1.16. The van der Waals surface area contributed by atoms with E-state index in [1.807, 2.05) is 19.9 Å². The van der Waals surface area contributed by atoms with E-state index >= 15 is 0 Å². The van der Waals surface area contributed by atoms with Crippen molar-refractivity contribution in [3.05, 3.63) is 63.4 Å². The van der Waals surface area contributed by atoms with Gasteiger partial charge in [0.15, 0.2) is 0 Å². The van der Waals surface area contributed by atoms with Crippen molar-refractivity contribution in [3.63, 3.8) is 0 Å². The van der Waals surface area contributed by atoms with Crippen LogP contribution in [0.5, 0.6) is 5.75 Å². The lowest BCUT2D eigenvalue weighted by Crippen LogP contribution is -2.18. The highest BCUT2D eigenvalue weighted by Gasteiger charge is 2.10. The maximum atomic E-state index is 13.9. The molecule has 0 aromatic heterocycles. The number of rotatable bonds is 10. The number of benzene rings is 2. The molecule has 1 N–H and O–H groups in total. The average molecular weight is 400 g/mol. The monoisotopic (exact) mass is 399 g/mol. The van der Waals surface area contributed by atoms with Crippen molar-refractivity contribution < 1.29 is 13.9 Å². The van der Waals surface area contributed by atoms with Crippen LogP contribution in [0.2, 0.25) is 10.0 Å². The molecule has 0 radical (unpaired) electrons. The largest absolute Gasteiger partial charge is 0.488 e. The fourth-order valence-electron chi connectivity index (χ4n) is 2.39. The van der Waals surface area contributed by atoms with Crippen LogP contribution in [0.4, 0.5) is 4.39 Å². The quantitative estimate of drug-likeness (QED) is 0.526. The first kappa shape index (κ1) is 21.0. The first-order valence-electron chi connectivity index (χ1n) is 8.64. The van der Waals surface area contributed by atoms with Crippen LogP contribution >= 0.6 is 23.2 Å². The van der Waals surface area contributed by atoms with Gasteiger partial charge in [0.05, 0.1) is 11.1 Å². The first-order valence-corrected chi connectivity index (χ1v) is 9.39. The minimum Gasteiger partial charge on any atom is -0.488 e. The summed E-state index contributed by atoms with van der Waals surface area (Å²) in [7, 11) is 0. The number of halogens is 3. The Morgan fingerprint density at radius 2 is 1.96 bits per heavy atom. The van der Waals surface area contributed by atoms with Gasteiger partial charge in [0.25, 0.3) is 0 Å². The summed E-state index contributed by atoms with van der Waals surface area (Å²) in [5.41, 5.74) is 1.25. The molecule has 2 aromatic carbocycles. The number of hydrogen-bond donors (Lipinski definition) is 1. The zero-order chi connectivity index (χ0) is 18.9. The molecule has 142 valence electrons. The Hall–Kier alpha value is -1.33. The molecule has 0 saturated carbocycles. The number of nitrogens with one attached hydrogen (secondary N) is 1. The zero-order valence-electron chi connectivity index (χ0n) is 15.0. The Morgan fingerprint density at radius 3 is 2.69 bits per heavy atom. The highest BCUT2D eigenvalue weighted by molar-refractivity contribution is 6.31. The van der Waals surface area contributed by atoms with Crippen molar-refractivity contribution in [2.24, 2.45) is 0 Å². The average Bonchev–Trinajstić information content (AvgIpc) is 2.58. The van der Waals surface area contributed by atoms with Gasteiger partial charge in [-0.05, 0) is 57.1 Å². The van der Waals surface area contributed by atoms with Gasteiger partial charge in [0, 0.05) is 29.3 Å². The second kappa shape index (κ2) is 10.7. The third-order valence-electron chi connectivity index (χ3n) is 3.72. The van der Waals surface area contributed by atoms with Crippen molar-refractivity contribution in [2.45, 2.75) is 39.5 Å². The Kier molecular flexibility index (Phi) is 8.66. The zero-order valence-corrected chi connectivity index (χ0v) is 16.5. The van der Waals surface area contributed by atoms with Crippen LogP contribution in [-0.4, -0.2) is 19.3 Å². The fourth-order valence-corrected chi connectivity index (χ4v) is 2.80. The third kappa shape index (κ3) is 6.76. The van der Waals surface area contributed by atoms with E-state index in [0.29, 0.717) is 27.9 Å². The summed E-state index contributed by atoms with van der Waals surface area (Å²) in [5.74, 6) is 0.274. The van der Waals surface area contributed by atoms with E-state index in [1.165, 1.54) is 6.07 Å². The van der Waals surface area contributed by atoms with Crippen LogP contribution in [0.3, 0.4) is 0 Å². The van der Waals surface area contributed by atoms with E-state index in [-0.39, 0.29) is 18.5 Å². The van der Waals surface area contributed by atoms with Gasteiger partial charge in [-0.2, -0.15) is 0 Å². The summed E-state index contributed by atoms with van der Waals surface area (Å²) in [6.45, 7) is 6.23. The normalized spacial score (nSPS) is 11.2. The van der Waals surface area contributed by atoms with E-state index in [0.717, 1.165) is 25.1 Å². The molecule has 0 aliphatic heterocycles. The molecule has 0 aliphatic carbocycles. The van der Waals surface area contributed by atoms with Gasteiger partial charge in [-0.15, -0.1) is 0 Å². The van der Waals surface area contributed by atoms with E-state index in [4.69, 9.17) is 32.7 Å². The standard InChI is InChI=1S/C20H24Cl2FNO2/c1-14(2)25-10-4-9-24-12-15-11-16(21)7-8-20(15)26-13-17-18(22)5-3-6-19(17)23/h3,5-8,11,14,24H,4,9-10,12-13H2,1-2H3. The van der Waals surface area contributed by atoms with E-state index in [2.05, 4.69) is 5.32 Å². The molecular weight excluding hydrogens is 376 g/mol. The Labute approximate surface area is 164 Å². The van der Waals surface area contributed by atoms with Gasteiger partial charge >= 0.3 is 0 Å². The molecule has 6 heteroatoms. The fraction of sp³-hybridized carbons (Fsp3) is 0.400. The predicted molar refractivity (Wildman–Crippen MR) is 105 cm³/mol. The van der Waals surface area contributed by atoms with Gasteiger partial charge in [0.1, 0.15) is 18.2 Å². The van der Waals surface area contributed by atoms with Gasteiger partial charge in [-0.3, -0.25) is 0 Å². The van der Waals surface area contributed by atoms with Crippen LogP contribution in [0, 0.1) is 5.82 Å². The number of hydrogen-bond acceptors (Lipinski definition) is 3. The maximum absolute atomic E-state index is 13.9. The van der Waals surface area contributed by atoms with Gasteiger partial charge < -0.3 is 14.8 Å². The van der Waals surface area contributed by atoms with Gasteiger partial charge in [-0.1, -0.05) is 29.3 Å². The molecule has 0 atom stereocenters. The molecule has 3 nitrogen and oxygen atoms in total. The maximum Gasteiger partial charge on any atom is 0.131 e. The molecule has 26 heavy (non-hydrogen) atoms. The van der Waals surface area contributed by atoms with Crippen molar-refractivity contribution in [1.82, 2.24) is 5.32 Å². The lowest BCUT2D eigenvalue weighted by atomic mass is 10.2. The van der Waals surface area contributed by atoms with Crippen LogP contribution in [0.1, 0.15) is 31.4 Å². The molecule has 0 heterocycles. The number of ether oxygens (including phenoxy) is 2. The molecule has 0 saturated heterocycles. The molecular formula is C20H24Cl2FNO2. The van der Waals surface area contributed by atoms with Crippen molar-refractivity contribution in [1.29, 1.82) is 0 Å². The van der Waals surface area contributed by atoms with Crippen molar-refractivity contribution in [3.8, 4) is 5.75 Å². The molecule has 0 amide bonds. The van der Waals surface area contributed by atoms with Gasteiger partial charge in [0.2, 0.25) is 0 Å². The highest BCUT2D eigenvalue weighted by Crippen LogP contribution is 2.26. The minimum atomic E-state index is -0.378. The van der Waals surface area contributed by atoms with E-state index in [1.54, 1.807) is 24.3 Å². The molecule has 0 bridgehead atoms. The lowest BCUT2D eigenvalue weighted by Gasteiger charge is -2.14.